The third-order valence-corrected chi connectivity index (χ3v) is 3.84. The second-order valence-electron chi connectivity index (χ2n) is 7.33. The van der Waals surface area contributed by atoms with Crippen LogP contribution in [-0.2, 0) is 4.74 Å². The topological polar surface area (TPSA) is 69.5 Å². The molecule has 2 rings (SSSR count). The van der Waals surface area contributed by atoms with Crippen LogP contribution in [0.1, 0.15) is 51.8 Å². The summed E-state index contributed by atoms with van der Waals surface area (Å²) in [4.78, 5) is 20.6. The van der Waals surface area contributed by atoms with Gasteiger partial charge in [-0.15, -0.1) is 0 Å². The second kappa shape index (κ2) is 7.08. The van der Waals surface area contributed by atoms with Gasteiger partial charge in [-0.2, -0.15) is 5.26 Å². The van der Waals surface area contributed by atoms with Crippen molar-refractivity contribution >= 4 is 11.9 Å². The molecule has 24 heavy (non-hydrogen) atoms. The standard InChI is InChI=1S/C18H26N4O2/c1-13(2)15-7-6-14(12-19)16(20-15)21-8-10-22(11-9-21)17(23)24-18(3,4)5/h6-7,13H,8-11H2,1-5H3. The first-order valence-corrected chi connectivity index (χ1v) is 8.35. The fourth-order valence-corrected chi connectivity index (χ4v) is 2.54. The second-order valence-corrected chi connectivity index (χ2v) is 7.33. The number of nitrogens with zero attached hydrogens (tertiary/aromatic N) is 4. The maximum absolute atomic E-state index is 12.1. The average Bonchev–Trinajstić information content (AvgIpc) is 2.52. The van der Waals surface area contributed by atoms with E-state index in [1.165, 1.54) is 0 Å². The molecule has 0 radical (unpaired) electrons. The van der Waals surface area contributed by atoms with Crippen molar-refractivity contribution in [2.24, 2.45) is 0 Å². The predicted molar refractivity (Wildman–Crippen MR) is 93.1 cm³/mol. The predicted octanol–water partition coefficient (Wildman–Crippen LogP) is 3.13. The number of pyridine rings is 1. The first-order chi connectivity index (χ1) is 11.2. The highest BCUT2D eigenvalue weighted by Crippen LogP contribution is 2.23. The number of amides is 1. The molecule has 0 N–H and O–H groups in total. The smallest absolute Gasteiger partial charge is 0.410 e. The Balaban J connectivity index is 2.08. The monoisotopic (exact) mass is 330 g/mol. The largest absolute Gasteiger partial charge is 0.444 e. The molecule has 0 aliphatic carbocycles. The van der Waals surface area contributed by atoms with Crippen LogP contribution in [0.3, 0.4) is 0 Å². The average molecular weight is 330 g/mol. The number of anilines is 1. The number of aromatic nitrogens is 1. The summed E-state index contributed by atoms with van der Waals surface area (Å²) in [6, 6.07) is 5.95. The fourth-order valence-electron chi connectivity index (χ4n) is 2.54. The SMILES string of the molecule is CC(C)c1ccc(C#N)c(N2CCN(C(=O)OC(C)(C)C)CC2)n1. The summed E-state index contributed by atoms with van der Waals surface area (Å²) in [5.41, 5.74) is 1.05. The van der Waals surface area contributed by atoms with Gasteiger partial charge in [0.25, 0.3) is 0 Å². The van der Waals surface area contributed by atoms with Gasteiger partial charge in [0.05, 0.1) is 5.56 Å². The number of carbonyl (C=O) groups is 1. The fraction of sp³-hybridized carbons (Fsp3) is 0.611. The molecule has 0 atom stereocenters. The first-order valence-electron chi connectivity index (χ1n) is 8.35. The van der Waals surface area contributed by atoms with Crippen LogP contribution in [0.15, 0.2) is 12.1 Å². The molecule has 1 aliphatic heterocycles. The normalized spacial score (nSPS) is 15.4. The van der Waals surface area contributed by atoms with Crippen LogP contribution >= 0.6 is 0 Å². The van der Waals surface area contributed by atoms with Gasteiger partial charge in [0.2, 0.25) is 0 Å². The molecule has 1 fully saturated rings. The molecule has 1 amide bonds. The number of nitriles is 1. The molecule has 2 heterocycles. The first kappa shape index (κ1) is 18.1. The lowest BCUT2D eigenvalue weighted by Crippen LogP contribution is -2.50. The molecule has 0 spiro atoms. The van der Waals surface area contributed by atoms with Gasteiger partial charge in [-0.05, 0) is 38.8 Å². The molecule has 6 nitrogen and oxygen atoms in total. The Morgan fingerprint density at radius 2 is 1.88 bits per heavy atom. The summed E-state index contributed by atoms with van der Waals surface area (Å²) < 4.78 is 5.41. The summed E-state index contributed by atoms with van der Waals surface area (Å²) in [5, 5.41) is 9.35. The quantitative estimate of drug-likeness (QED) is 0.833. The minimum Gasteiger partial charge on any atom is -0.444 e. The number of hydrogen-bond donors (Lipinski definition) is 0. The molecule has 130 valence electrons. The van der Waals surface area contributed by atoms with Crippen LogP contribution in [0, 0.1) is 11.3 Å². The highest BCUT2D eigenvalue weighted by molar-refractivity contribution is 5.68. The van der Waals surface area contributed by atoms with Crippen molar-refractivity contribution in [3.63, 3.8) is 0 Å². The maximum Gasteiger partial charge on any atom is 0.410 e. The number of rotatable bonds is 2. The van der Waals surface area contributed by atoms with Crippen molar-refractivity contribution in [3.8, 4) is 6.07 Å². The van der Waals surface area contributed by atoms with Crippen molar-refractivity contribution in [1.82, 2.24) is 9.88 Å². The summed E-state index contributed by atoms with van der Waals surface area (Å²) in [5.74, 6) is 1.02. The summed E-state index contributed by atoms with van der Waals surface area (Å²) >= 11 is 0. The van der Waals surface area contributed by atoms with Crippen molar-refractivity contribution in [3.05, 3.63) is 23.4 Å². The van der Waals surface area contributed by atoms with E-state index in [9.17, 15) is 10.1 Å². The van der Waals surface area contributed by atoms with E-state index >= 15 is 0 Å². The number of carbonyl (C=O) groups excluding carboxylic acids is 1. The van der Waals surface area contributed by atoms with Crippen LogP contribution < -0.4 is 4.90 Å². The molecular formula is C18H26N4O2. The minimum absolute atomic E-state index is 0.286. The van der Waals surface area contributed by atoms with Crippen LogP contribution in [0.25, 0.3) is 0 Å². The van der Waals surface area contributed by atoms with Crippen molar-refractivity contribution < 1.29 is 9.53 Å². The number of ether oxygens (including phenoxy) is 1. The molecule has 1 aromatic heterocycles. The zero-order chi connectivity index (χ0) is 17.9. The lowest BCUT2D eigenvalue weighted by Gasteiger charge is -2.36. The Bertz CT molecular complexity index is 635. The zero-order valence-corrected chi connectivity index (χ0v) is 15.2. The molecule has 1 aromatic rings. The Morgan fingerprint density at radius 1 is 1.25 bits per heavy atom. The lowest BCUT2D eigenvalue weighted by molar-refractivity contribution is 0.0240. The van der Waals surface area contributed by atoms with E-state index in [0.717, 1.165) is 5.69 Å². The van der Waals surface area contributed by atoms with E-state index in [4.69, 9.17) is 4.74 Å². The summed E-state index contributed by atoms with van der Waals surface area (Å²) in [6.45, 7) is 12.2. The van der Waals surface area contributed by atoms with Crippen molar-refractivity contribution in [2.75, 3.05) is 31.1 Å². The molecule has 0 unspecified atom stereocenters. The maximum atomic E-state index is 12.1. The van der Waals surface area contributed by atoms with Gasteiger partial charge in [0, 0.05) is 31.9 Å². The van der Waals surface area contributed by atoms with Gasteiger partial charge in [-0.1, -0.05) is 13.8 Å². The van der Waals surface area contributed by atoms with Gasteiger partial charge in [-0.25, -0.2) is 9.78 Å². The van der Waals surface area contributed by atoms with Crippen molar-refractivity contribution in [2.45, 2.75) is 46.1 Å². The van der Waals surface area contributed by atoms with Crippen LogP contribution in [0.5, 0.6) is 0 Å². The Hall–Kier alpha value is -2.29. The third kappa shape index (κ3) is 4.38. The van der Waals surface area contributed by atoms with Crippen LogP contribution in [0.4, 0.5) is 10.6 Å². The van der Waals surface area contributed by atoms with E-state index in [1.54, 1.807) is 4.90 Å². The molecule has 6 heteroatoms. The Kier molecular flexibility index (Phi) is 5.33. The van der Waals surface area contributed by atoms with E-state index < -0.39 is 5.60 Å². The highest BCUT2D eigenvalue weighted by Gasteiger charge is 2.27. The summed E-state index contributed by atoms with van der Waals surface area (Å²) in [7, 11) is 0. The van der Waals surface area contributed by atoms with Gasteiger partial charge in [0.1, 0.15) is 17.5 Å². The molecule has 1 aliphatic rings. The molecular weight excluding hydrogens is 304 g/mol. The lowest BCUT2D eigenvalue weighted by atomic mass is 10.1. The van der Waals surface area contributed by atoms with E-state index in [2.05, 4.69) is 29.8 Å². The number of piperazine rings is 1. The van der Waals surface area contributed by atoms with E-state index in [0.29, 0.717) is 43.5 Å². The van der Waals surface area contributed by atoms with Crippen LogP contribution in [-0.4, -0.2) is 47.8 Å². The zero-order valence-electron chi connectivity index (χ0n) is 15.2. The summed E-state index contributed by atoms with van der Waals surface area (Å²) in [6.07, 6.45) is -0.286. The van der Waals surface area contributed by atoms with E-state index in [1.807, 2.05) is 32.9 Å². The molecule has 0 saturated carbocycles. The number of hydrogen-bond acceptors (Lipinski definition) is 5. The van der Waals surface area contributed by atoms with Gasteiger partial charge < -0.3 is 14.5 Å². The van der Waals surface area contributed by atoms with Crippen LogP contribution in [0.2, 0.25) is 0 Å². The van der Waals surface area contributed by atoms with Gasteiger partial charge in [-0.3, -0.25) is 0 Å². The minimum atomic E-state index is -0.491. The molecule has 1 saturated heterocycles. The van der Waals surface area contributed by atoms with Gasteiger partial charge >= 0.3 is 6.09 Å². The molecule has 0 aromatic carbocycles. The molecule has 0 bridgehead atoms. The van der Waals surface area contributed by atoms with E-state index in [-0.39, 0.29) is 6.09 Å². The van der Waals surface area contributed by atoms with Gasteiger partial charge in [0.15, 0.2) is 0 Å². The third-order valence-electron chi connectivity index (χ3n) is 3.84. The highest BCUT2D eigenvalue weighted by atomic mass is 16.6. The Labute approximate surface area is 144 Å². The van der Waals surface area contributed by atoms with Crippen molar-refractivity contribution in [1.29, 1.82) is 5.26 Å². The Morgan fingerprint density at radius 3 is 2.38 bits per heavy atom.